The number of rotatable bonds is 6. The predicted octanol–water partition coefficient (Wildman–Crippen LogP) is 5.45. The van der Waals surface area contributed by atoms with E-state index in [1.807, 2.05) is 0 Å². The molecule has 0 spiro atoms. The van der Waals surface area contributed by atoms with Gasteiger partial charge in [0.1, 0.15) is 18.3 Å². The minimum absolute atomic E-state index is 0.170. The number of aromatic nitrogens is 3. The summed E-state index contributed by atoms with van der Waals surface area (Å²) in [7, 11) is 0. The Balaban J connectivity index is 1.62. The molecule has 5 nitrogen and oxygen atoms in total. The van der Waals surface area contributed by atoms with Gasteiger partial charge in [-0.2, -0.15) is 13.2 Å². The highest BCUT2D eigenvalue weighted by atomic mass is 19.4. The van der Waals surface area contributed by atoms with Crippen LogP contribution in [0.15, 0.2) is 35.3 Å². The van der Waals surface area contributed by atoms with Crippen LogP contribution in [0.4, 0.5) is 23.4 Å². The number of nitrogens with zero attached hydrogens (tertiary/aromatic N) is 3. The van der Waals surface area contributed by atoms with E-state index < -0.39 is 24.0 Å². The van der Waals surface area contributed by atoms with Crippen LogP contribution in [0.2, 0.25) is 0 Å². The molecule has 0 radical (unpaired) electrons. The van der Waals surface area contributed by atoms with Crippen LogP contribution in [0.3, 0.4) is 0 Å². The van der Waals surface area contributed by atoms with E-state index in [1.54, 1.807) is 19.2 Å². The van der Waals surface area contributed by atoms with E-state index in [4.69, 9.17) is 0 Å². The molecule has 1 N–H and O–H groups in total. The van der Waals surface area contributed by atoms with E-state index in [0.717, 1.165) is 18.9 Å². The molecule has 1 unspecified atom stereocenters. The van der Waals surface area contributed by atoms with Gasteiger partial charge in [0.05, 0.1) is 28.0 Å². The monoisotopic (exact) mass is 460 g/mol. The zero-order valence-corrected chi connectivity index (χ0v) is 18.3. The van der Waals surface area contributed by atoms with Gasteiger partial charge in [-0.25, -0.2) is 14.4 Å². The molecule has 2 saturated carbocycles. The average Bonchev–Trinajstić information content (AvgIpc) is 3.66. The fourth-order valence-corrected chi connectivity index (χ4v) is 4.61. The Kier molecular flexibility index (Phi) is 4.99. The van der Waals surface area contributed by atoms with Crippen LogP contribution in [-0.4, -0.2) is 21.2 Å². The van der Waals surface area contributed by atoms with Crippen molar-refractivity contribution < 1.29 is 17.6 Å². The van der Waals surface area contributed by atoms with Crippen LogP contribution in [-0.2, 0) is 11.7 Å². The maximum absolute atomic E-state index is 13.7. The summed E-state index contributed by atoms with van der Waals surface area (Å²) in [6.45, 7) is 2.55. The number of hydrogen-bond donors (Lipinski definition) is 1. The summed E-state index contributed by atoms with van der Waals surface area (Å²) in [4.78, 5) is 21.5. The fraction of sp³-hybridized carbons (Fsp3) is 0.458. The summed E-state index contributed by atoms with van der Waals surface area (Å²) in [6, 6.07) is 5.25. The minimum Gasteiger partial charge on any atom is -0.362 e. The van der Waals surface area contributed by atoms with Crippen molar-refractivity contribution in [3.63, 3.8) is 0 Å². The first-order valence-electron chi connectivity index (χ1n) is 11.0. The van der Waals surface area contributed by atoms with Crippen molar-refractivity contribution in [2.24, 2.45) is 5.92 Å². The molecule has 0 bridgehead atoms. The third kappa shape index (κ3) is 3.87. The normalized spacial score (nSPS) is 18.4. The van der Waals surface area contributed by atoms with Gasteiger partial charge in [-0.1, -0.05) is 12.1 Å². The van der Waals surface area contributed by atoms with Gasteiger partial charge in [-0.3, -0.25) is 4.79 Å². The van der Waals surface area contributed by atoms with E-state index in [-0.39, 0.29) is 23.1 Å². The fourth-order valence-electron chi connectivity index (χ4n) is 4.61. The number of benzene rings is 1. The molecule has 9 heteroatoms. The molecule has 1 atom stereocenters. The Morgan fingerprint density at radius 1 is 1.21 bits per heavy atom. The lowest BCUT2D eigenvalue weighted by atomic mass is 9.93. The number of halogens is 4. The predicted molar refractivity (Wildman–Crippen MR) is 117 cm³/mol. The topological polar surface area (TPSA) is 59.8 Å². The first-order valence-corrected chi connectivity index (χ1v) is 11.0. The van der Waals surface area contributed by atoms with Gasteiger partial charge >= 0.3 is 6.18 Å². The van der Waals surface area contributed by atoms with Gasteiger partial charge in [0, 0.05) is 12.3 Å². The Hall–Kier alpha value is -2.97. The van der Waals surface area contributed by atoms with E-state index in [2.05, 4.69) is 15.3 Å². The second-order valence-electron chi connectivity index (χ2n) is 9.23. The van der Waals surface area contributed by atoms with Crippen molar-refractivity contribution in [3.8, 4) is 0 Å². The van der Waals surface area contributed by atoms with Crippen molar-refractivity contribution in [2.45, 2.75) is 57.3 Å². The Morgan fingerprint density at radius 3 is 2.55 bits per heavy atom. The largest absolute Gasteiger partial charge is 0.416 e. The highest BCUT2D eigenvalue weighted by Crippen LogP contribution is 2.46. The van der Waals surface area contributed by atoms with Gasteiger partial charge < -0.3 is 9.88 Å². The third-order valence-corrected chi connectivity index (χ3v) is 6.83. The number of nitrogens with one attached hydrogen (secondary N) is 1. The molecule has 174 valence electrons. The minimum atomic E-state index is -4.44. The summed E-state index contributed by atoms with van der Waals surface area (Å²) in [5, 5.41) is 3.92. The van der Waals surface area contributed by atoms with Crippen LogP contribution < -0.4 is 10.9 Å². The third-order valence-electron chi connectivity index (χ3n) is 6.83. The lowest BCUT2D eigenvalue weighted by Gasteiger charge is -2.24. The van der Waals surface area contributed by atoms with E-state index in [1.165, 1.54) is 23.6 Å². The van der Waals surface area contributed by atoms with Crippen molar-refractivity contribution >= 4 is 16.7 Å². The second kappa shape index (κ2) is 7.53. The second-order valence-corrected chi connectivity index (χ2v) is 9.23. The zero-order chi connectivity index (χ0) is 23.5. The number of fused-ring (bicyclic) bond motifs is 1. The van der Waals surface area contributed by atoms with E-state index in [0.29, 0.717) is 41.0 Å². The van der Waals surface area contributed by atoms with Gasteiger partial charge in [-0.05, 0) is 62.6 Å². The summed E-state index contributed by atoms with van der Waals surface area (Å²) in [5.74, 6) is 1.04. The summed E-state index contributed by atoms with van der Waals surface area (Å²) < 4.78 is 55.7. The molecule has 2 aliphatic carbocycles. The van der Waals surface area contributed by atoms with Crippen LogP contribution in [0.1, 0.15) is 54.2 Å². The van der Waals surface area contributed by atoms with Crippen molar-refractivity contribution in [1.29, 1.82) is 0 Å². The Morgan fingerprint density at radius 2 is 1.94 bits per heavy atom. The molecule has 0 saturated heterocycles. The quantitative estimate of drug-likeness (QED) is 0.497. The summed E-state index contributed by atoms with van der Waals surface area (Å²) >= 11 is 0. The van der Waals surface area contributed by atoms with Crippen LogP contribution in [0, 0.1) is 19.8 Å². The first kappa shape index (κ1) is 21.9. The van der Waals surface area contributed by atoms with E-state index in [9.17, 15) is 22.4 Å². The number of aryl methyl sites for hydroxylation is 1. The SMILES string of the molecule is Cc1nc(NC(c2cccc(C(F)(F)F)c2C)C2CC2)c2cn(C3(CF)CC3)c(=O)cc2n1. The Bertz CT molecular complexity index is 1290. The number of anilines is 1. The molecule has 2 aromatic heterocycles. The van der Waals surface area contributed by atoms with Crippen LogP contribution >= 0.6 is 0 Å². The molecule has 33 heavy (non-hydrogen) atoms. The lowest BCUT2D eigenvalue weighted by Crippen LogP contribution is -2.31. The van der Waals surface area contributed by atoms with Crippen molar-refractivity contribution in [2.75, 3.05) is 12.0 Å². The van der Waals surface area contributed by atoms with E-state index >= 15 is 0 Å². The van der Waals surface area contributed by atoms with Gasteiger partial charge in [0.15, 0.2) is 0 Å². The smallest absolute Gasteiger partial charge is 0.362 e. The highest BCUT2D eigenvalue weighted by Gasteiger charge is 2.45. The molecule has 0 aliphatic heterocycles. The highest BCUT2D eigenvalue weighted by molar-refractivity contribution is 5.88. The number of hydrogen-bond acceptors (Lipinski definition) is 4. The Labute approximate surface area is 187 Å². The molecule has 2 aliphatic rings. The van der Waals surface area contributed by atoms with Crippen molar-refractivity contribution in [3.05, 3.63) is 63.3 Å². The summed E-state index contributed by atoms with van der Waals surface area (Å²) in [5.41, 5.74) is -0.599. The van der Waals surface area contributed by atoms with Crippen LogP contribution in [0.5, 0.6) is 0 Å². The molecular weight excluding hydrogens is 436 g/mol. The molecule has 2 fully saturated rings. The average molecular weight is 460 g/mol. The summed E-state index contributed by atoms with van der Waals surface area (Å²) in [6.07, 6.45) is 0.107. The molecule has 2 heterocycles. The molecule has 5 rings (SSSR count). The molecular formula is C24H24F4N4O. The molecule has 3 aromatic rings. The first-order chi connectivity index (χ1) is 15.6. The number of pyridine rings is 1. The molecule has 1 aromatic carbocycles. The number of alkyl halides is 4. The maximum Gasteiger partial charge on any atom is 0.416 e. The van der Waals surface area contributed by atoms with Gasteiger partial charge in [0.2, 0.25) is 0 Å². The van der Waals surface area contributed by atoms with Gasteiger partial charge in [0.25, 0.3) is 5.56 Å². The maximum atomic E-state index is 13.7. The zero-order valence-electron chi connectivity index (χ0n) is 18.3. The lowest BCUT2D eigenvalue weighted by molar-refractivity contribution is -0.138. The van der Waals surface area contributed by atoms with Crippen LogP contribution in [0.25, 0.3) is 10.9 Å². The van der Waals surface area contributed by atoms with Gasteiger partial charge in [-0.15, -0.1) is 0 Å². The van der Waals surface area contributed by atoms with Crippen molar-refractivity contribution in [1.82, 2.24) is 14.5 Å². The standard InChI is InChI=1S/C24H24F4N4O/c1-13-16(4-3-5-18(13)24(26,27)28)21(15-6-7-15)31-22-17-11-32(23(12-25)8-9-23)20(33)10-19(17)29-14(2)30-22/h3-5,10-11,15,21H,6-9,12H2,1-2H3,(H,29,30,31). The molecule has 0 amide bonds.